The summed E-state index contributed by atoms with van der Waals surface area (Å²) in [6.07, 6.45) is 2.54. The van der Waals surface area contributed by atoms with E-state index in [0.717, 1.165) is 32.8 Å². The van der Waals surface area contributed by atoms with E-state index in [1.807, 2.05) is 0 Å². The van der Waals surface area contributed by atoms with Crippen molar-refractivity contribution in [3.05, 3.63) is 0 Å². The third-order valence-electron chi connectivity index (χ3n) is 3.05. The molecule has 4 nitrogen and oxygen atoms in total. The topological polar surface area (TPSA) is 33.7 Å². The fraction of sp³-hybridized carbons (Fsp3) is 1.00. The average molecular weight is 267 g/mol. The van der Waals surface area contributed by atoms with Crippen LogP contribution in [-0.2, 0) is 9.47 Å². The van der Waals surface area contributed by atoms with E-state index in [0.29, 0.717) is 19.3 Å². The first kappa shape index (κ1) is 17.1. The van der Waals surface area contributed by atoms with Crippen molar-refractivity contribution in [3.63, 3.8) is 0 Å². The normalized spacial score (nSPS) is 21.2. The fourth-order valence-corrected chi connectivity index (χ4v) is 2.14. The molecule has 1 rings (SSSR count). The van der Waals surface area contributed by atoms with Crippen LogP contribution in [0.1, 0.15) is 19.8 Å². The predicted molar refractivity (Wildman–Crippen MR) is 73.1 cm³/mol. The van der Waals surface area contributed by atoms with Crippen LogP contribution in [0.15, 0.2) is 0 Å². The highest BCUT2D eigenvalue weighted by atomic mass is 35.5. The number of rotatable bonds is 8. The zero-order valence-corrected chi connectivity index (χ0v) is 11.9. The Balaban J connectivity index is 0.00000256. The molecule has 1 aliphatic rings. The highest BCUT2D eigenvalue weighted by molar-refractivity contribution is 5.85. The van der Waals surface area contributed by atoms with Gasteiger partial charge in [0.2, 0.25) is 0 Å². The number of nitrogens with one attached hydrogen (secondary N) is 1. The molecular formula is C12H27ClN2O2. The Kier molecular flexibility index (Phi) is 11.3. The Morgan fingerprint density at radius 1 is 1.29 bits per heavy atom. The molecular weight excluding hydrogens is 240 g/mol. The van der Waals surface area contributed by atoms with Crippen molar-refractivity contribution in [1.29, 1.82) is 0 Å². The van der Waals surface area contributed by atoms with Gasteiger partial charge in [-0.25, -0.2) is 0 Å². The van der Waals surface area contributed by atoms with E-state index < -0.39 is 0 Å². The van der Waals surface area contributed by atoms with Crippen molar-refractivity contribution >= 4 is 12.4 Å². The maximum absolute atomic E-state index is 5.52. The molecule has 1 atom stereocenters. The molecule has 5 heteroatoms. The van der Waals surface area contributed by atoms with Crippen LogP contribution in [0, 0.1) is 0 Å². The summed E-state index contributed by atoms with van der Waals surface area (Å²) in [5.74, 6) is 0. The summed E-state index contributed by atoms with van der Waals surface area (Å²) in [4.78, 5) is 2.55. The van der Waals surface area contributed by atoms with Crippen LogP contribution in [0.2, 0.25) is 0 Å². The Morgan fingerprint density at radius 2 is 2.12 bits per heavy atom. The number of nitrogens with zero attached hydrogens (tertiary/aromatic N) is 1. The molecule has 1 heterocycles. The van der Waals surface area contributed by atoms with Gasteiger partial charge < -0.3 is 14.8 Å². The first-order valence-electron chi connectivity index (χ1n) is 6.40. The van der Waals surface area contributed by atoms with Crippen molar-refractivity contribution in [3.8, 4) is 0 Å². The van der Waals surface area contributed by atoms with E-state index in [2.05, 4.69) is 17.1 Å². The van der Waals surface area contributed by atoms with E-state index in [1.165, 1.54) is 12.8 Å². The minimum absolute atomic E-state index is 0. The van der Waals surface area contributed by atoms with Gasteiger partial charge in [-0.15, -0.1) is 12.4 Å². The number of ether oxygens (including phenoxy) is 2. The van der Waals surface area contributed by atoms with Crippen molar-refractivity contribution in [2.24, 2.45) is 0 Å². The van der Waals surface area contributed by atoms with Gasteiger partial charge in [0, 0.05) is 39.3 Å². The molecule has 1 aliphatic heterocycles. The third kappa shape index (κ3) is 7.21. The second kappa shape index (κ2) is 11.2. The van der Waals surface area contributed by atoms with Crippen LogP contribution in [-0.4, -0.2) is 64.1 Å². The Bertz CT molecular complexity index is 171. The lowest BCUT2D eigenvalue weighted by molar-refractivity contribution is 0.0437. The van der Waals surface area contributed by atoms with Crippen LogP contribution >= 0.6 is 12.4 Å². The second-order valence-electron chi connectivity index (χ2n) is 4.29. The Morgan fingerprint density at radius 3 is 2.82 bits per heavy atom. The summed E-state index contributed by atoms with van der Waals surface area (Å²) < 4.78 is 10.5. The first-order valence-corrected chi connectivity index (χ1v) is 6.40. The summed E-state index contributed by atoms with van der Waals surface area (Å²) in [6.45, 7) is 8.92. The molecule has 0 amide bonds. The van der Waals surface area contributed by atoms with Gasteiger partial charge in [-0.2, -0.15) is 0 Å². The Labute approximate surface area is 111 Å². The van der Waals surface area contributed by atoms with Crippen molar-refractivity contribution in [2.45, 2.75) is 25.8 Å². The Hall–Kier alpha value is 0.130. The molecule has 1 N–H and O–H groups in total. The largest absolute Gasteiger partial charge is 0.382 e. The minimum Gasteiger partial charge on any atom is -0.382 e. The van der Waals surface area contributed by atoms with E-state index in [4.69, 9.17) is 9.47 Å². The fourth-order valence-electron chi connectivity index (χ4n) is 2.14. The third-order valence-corrected chi connectivity index (χ3v) is 3.05. The van der Waals surface area contributed by atoms with Crippen molar-refractivity contribution < 1.29 is 9.47 Å². The quantitative estimate of drug-likeness (QED) is 0.669. The molecule has 0 aromatic heterocycles. The monoisotopic (exact) mass is 266 g/mol. The standard InChI is InChI=1S/C12H26N2O2.ClH/c1-3-4-12-11-13-5-6-14(12)7-8-16-10-9-15-2;/h12-13H,3-11H2,1-2H3;1H. The summed E-state index contributed by atoms with van der Waals surface area (Å²) >= 11 is 0. The molecule has 0 bridgehead atoms. The molecule has 0 aromatic carbocycles. The van der Waals surface area contributed by atoms with Gasteiger partial charge in [-0.05, 0) is 6.42 Å². The van der Waals surface area contributed by atoms with Crippen LogP contribution in [0.4, 0.5) is 0 Å². The molecule has 17 heavy (non-hydrogen) atoms. The maximum Gasteiger partial charge on any atom is 0.0700 e. The molecule has 0 saturated carbocycles. The number of methoxy groups -OCH3 is 1. The highest BCUT2D eigenvalue weighted by Gasteiger charge is 2.20. The molecule has 0 radical (unpaired) electrons. The number of piperazine rings is 1. The minimum atomic E-state index is 0. The zero-order valence-electron chi connectivity index (χ0n) is 11.1. The van der Waals surface area contributed by atoms with E-state index in [9.17, 15) is 0 Å². The molecule has 1 unspecified atom stereocenters. The van der Waals surface area contributed by atoms with Crippen molar-refractivity contribution in [2.75, 3.05) is 53.1 Å². The zero-order chi connectivity index (χ0) is 11.6. The van der Waals surface area contributed by atoms with E-state index in [-0.39, 0.29) is 12.4 Å². The van der Waals surface area contributed by atoms with Gasteiger partial charge in [0.1, 0.15) is 0 Å². The number of hydrogen-bond acceptors (Lipinski definition) is 4. The molecule has 0 spiro atoms. The van der Waals surface area contributed by atoms with Crippen LogP contribution in [0.25, 0.3) is 0 Å². The lowest BCUT2D eigenvalue weighted by atomic mass is 10.1. The van der Waals surface area contributed by atoms with Gasteiger partial charge in [0.05, 0.1) is 19.8 Å². The molecule has 0 aliphatic carbocycles. The molecule has 0 aromatic rings. The van der Waals surface area contributed by atoms with Gasteiger partial charge in [-0.1, -0.05) is 13.3 Å². The molecule has 1 saturated heterocycles. The smallest absolute Gasteiger partial charge is 0.0700 e. The second-order valence-corrected chi connectivity index (χ2v) is 4.29. The lowest BCUT2D eigenvalue weighted by Crippen LogP contribution is -2.52. The lowest BCUT2D eigenvalue weighted by Gasteiger charge is -2.36. The van der Waals surface area contributed by atoms with Crippen LogP contribution in [0.3, 0.4) is 0 Å². The highest BCUT2D eigenvalue weighted by Crippen LogP contribution is 2.08. The summed E-state index contributed by atoms with van der Waals surface area (Å²) in [5.41, 5.74) is 0. The van der Waals surface area contributed by atoms with Crippen molar-refractivity contribution in [1.82, 2.24) is 10.2 Å². The number of halogens is 1. The summed E-state index contributed by atoms with van der Waals surface area (Å²) in [6, 6.07) is 0.699. The van der Waals surface area contributed by atoms with Gasteiger partial charge >= 0.3 is 0 Å². The van der Waals surface area contributed by atoms with E-state index >= 15 is 0 Å². The molecule has 104 valence electrons. The summed E-state index contributed by atoms with van der Waals surface area (Å²) in [5, 5.41) is 3.46. The summed E-state index contributed by atoms with van der Waals surface area (Å²) in [7, 11) is 1.71. The maximum atomic E-state index is 5.52. The van der Waals surface area contributed by atoms with E-state index in [1.54, 1.807) is 7.11 Å². The van der Waals surface area contributed by atoms with Gasteiger partial charge in [0.25, 0.3) is 0 Å². The van der Waals surface area contributed by atoms with Crippen LogP contribution < -0.4 is 5.32 Å². The first-order chi connectivity index (χ1) is 7.88. The average Bonchev–Trinajstić information content (AvgIpc) is 2.31. The van der Waals surface area contributed by atoms with Gasteiger partial charge in [-0.3, -0.25) is 4.90 Å². The number of hydrogen-bond donors (Lipinski definition) is 1. The SMILES string of the molecule is CCCC1CNCCN1CCOCCOC.Cl. The van der Waals surface area contributed by atoms with Crippen LogP contribution in [0.5, 0.6) is 0 Å². The molecule has 1 fully saturated rings. The van der Waals surface area contributed by atoms with Gasteiger partial charge in [0.15, 0.2) is 0 Å². The predicted octanol–water partition coefficient (Wildman–Crippen LogP) is 1.15.